The summed E-state index contributed by atoms with van der Waals surface area (Å²) in [5.74, 6) is 0.303. The Morgan fingerprint density at radius 2 is 1.64 bits per heavy atom. The average Bonchev–Trinajstić information content (AvgIpc) is 2.85. The molecule has 3 aromatic carbocycles. The fourth-order valence-electron chi connectivity index (χ4n) is 3.66. The maximum Gasteiger partial charge on any atom is 0.185 e. The largest absolute Gasteiger partial charge is 0.489 e. The van der Waals surface area contributed by atoms with Crippen LogP contribution in [0, 0.1) is 0 Å². The van der Waals surface area contributed by atoms with Gasteiger partial charge in [0, 0.05) is 18.0 Å². The Morgan fingerprint density at radius 1 is 0.939 bits per heavy atom. The molecule has 0 bridgehead atoms. The molecule has 1 heterocycles. The zero-order valence-corrected chi connectivity index (χ0v) is 18.9. The summed E-state index contributed by atoms with van der Waals surface area (Å²) in [4.78, 5) is 21.6. The number of hydrogen-bond acceptors (Lipinski definition) is 4. The SMILES string of the molecule is C/C(=C/C(=O)c1ccccc1)C(c1cccc(OCc2ccccc2)c1)c1nccnc1Cl. The quantitative estimate of drug-likeness (QED) is 0.220. The molecule has 4 rings (SSSR count). The Morgan fingerprint density at radius 3 is 2.36 bits per heavy atom. The molecule has 5 heteroatoms. The molecule has 0 N–H and O–H groups in total. The minimum absolute atomic E-state index is 0.0744. The molecule has 0 saturated heterocycles. The molecule has 0 aliphatic carbocycles. The lowest BCUT2D eigenvalue weighted by atomic mass is 9.88. The molecule has 164 valence electrons. The summed E-state index contributed by atoms with van der Waals surface area (Å²) in [6, 6.07) is 27.0. The van der Waals surface area contributed by atoms with Crippen molar-refractivity contribution in [3.05, 3.63) is 137 Å². The lowest BCUT2D eigenvalue weighted by Gasteiger charge is -2.20. The van der Waals surface area contributed by atoms with Crippen molar-refractivity contribution < 1.29 is 9.53 Å². The molecular formula is C28H23ClN2O2. The summed E-state index contributed by atoms with van der Waals surface area (Å²) >= 11 is 6.43. The molecule has 0 aliphatic rings. The van der Waals surface area contributed by atoms with Gasteiger partial charge in [-0.3, -0.25) is 9.78 Å². The van der Waals surface area contributed by atoms with E-state index in [1.54, 1.807) is 30.6 Å². The molecule has 4 aromatic rings. The van der Waals surface area contributed by atoms with Crippen LogP contribution in [0.1, 0.15) is 40.0 Å². The summed E-state index contributed by atoms with van der Waals surface area (Å²) in [5, 5.41) is 0.304. The number of ketones is 1. The van der Waals surface area contributed by atoms with Gasteiger partial charge in [-0.2, -0.15) is 0 Å². The number of rotatable bonds is 8. The van der Waals surface area contributed by atoms with E-state index in [-0.39, 0.29) is 11.7 Å². The van der Waals surface area contributed by atoms with E-state index in [9.17, 15) is 4.79 Å². The van der Waals surface area contributed by atoms with Crippen LogP contribution in [0.5, 0.6) is 5.75 Å². The number of hydrogen-bond donors (Lipinski definition) is 0. The zero-order valence-electron chi connectivity index (χ0n) is 18.2. The van der Waals surface area contributed by atoms with Crippen molar-refractivity contribution >= 4 is 17.4 Å². The third-order valence-electron chi connectivity index (χ3n) is 5.27. The van der Waals surface area contributed by atoms with Crippen LogP contribution in [0.15, 0.2) is 109 Å². The normalized spacial score (nSPS) is 12.2. The summed E-state index contributed by atoms with van der Waals surface area (Å²) in [5.41, 5.74) is 4.03. The molecule has 0 aliphatic heterocycles. The van der Waals surface area contributed by atoms with E-state index in [0.717, 1.165) is 22.4 Å². The third kappa shape index (κ3) is 5.73. The van der Waals surface area contributed by atoms with E-state index >= 15 is 0 Å². The number of ether oxygens (including phenoxy) is 1. The average molecular weight is 455 g/mol. The topological polar surface area (TPSA) is 52.1 Å². The molecule has 1 unspecified atom stereocenters. The van der Waals surface area contributed by atoms with Gasteiger partial charge in [0.2, 0.25) is 0 Å². The van der Waals surface area contributed by atoms with Gasteiger partial charge >= 0.3 is 0 Å². The first-order valence-corrected chi connectivity index (χ1v) is 11.0. The second kappa shape index (κ2) is 10.7. The van der Waals surface area contributed by atoms with Gasteiger partial charge < -0.3 is 4.74 Å². The van der Waals surface area contributed by atoms with Crippen LogP contribution in [0.4, 0.5) is 0 Å². The number of benzene rings is 3. The first-order chi connectivity index (χ1) is 16.1. The summed E-state index contributed by atoms with van der Waals surface area (Å²) < 4.78 is 6.02. The molecule has 33 heavy (non-hydrogen) atoms. The molecule has 1 atom stereocenters. The Labute approximate surface area is 198 Å². The Hall–Kier alpha value is -3.76. The predicted molar refractivity (Wildman–Crippen MR) is 131 cm³/mol. The third-order valence-corrected chi connectivity index (χ3v) is 5.56. The first-order valence-electron chi connectivity index (χ1n) is 10.6. The van der Waals surface area contributed by atoms with Gasteiger partial charge in [0.15, 0.2) is 10.9 Å². The number of aromatic nitrogens is 2. The van der Waals surface area contributed by atoms with E-state index in [1.165, 1.54) is 0 Å². The second-order valence-electron chi connectivity index (χ2n) is 7.63. The molecule has 4 nitrogen and oxygen atoms in total. The van der Waals surface area contributed by atoms with Crippen molar-refractivity contribution in [1.82, 2.24) is 9.97 Å². The van der Waals surface area contributed by atoms with E-state index in [2.05, 4.69) is 9.97 Å². The van der Waals surface area contributed by atoms with Crippen molar-refractivity contribution in [3.8, 4) is 5.75 Å². The highest BCUT2D eigenvalue weighted by Gasteiger charge is 2.22. The summed E-state index contributed by atoms with van der Waals surface area (Å²) in [6.45, 7) is 2.37. The number of halogens is 1. The van der Waals surface area contributed by atoms with Crippen molar-refractivity contribution in [3.63, 3.8) is 0 Å². The van der Waals surface area contributed by atoms with Crippen molar-refractivity contribution in [1.29, 1.82) is 0 Å². The van der Waals surface area contributed by atoms with Crippen LogP contribution >= 0.6 is 11.6 Å². The first kappa shape index (κ1) is 22.4. The number of carbonyl (C=O) groups is 1. The molecular weight excluding hydrogens is 432 g/mol. The van der Waals surface area contributed by atoms with Gasteiger partial charge in [0.1, 0.15) is 12.4 Å². The molecule has 0 radical (unpaired) electrons. The van der Waals surface area contributed by atoms with Crippen LogP contribution in [-0.4, -0.2) is 15.8 Å². The van der Waals surface area contributed by atoms with Crippen molar-refractivity contribution in [2.75, 3.05) is 0 Å². The lowest BCUT2D eigenvalue weighted by molar-refractivity contribution is 0.104. The van der Waals surface area contributed by atoms with Crippen LogP contribution in [0.2, 0.25) is 5.15 Å². The van der Waals surface area contributed by atoms with Gasteiger partial charge in [-0.1, -0.05) is 90.0 Å². The van der Waals surface area contributed by atoms with Gasteiger partial charge in [0.25, 0.3) is 0 Å². The van der Waals surface area contributed by atoms with Gasteiger partial charge in [-0.25, -0.2) is 4.98 Å². The number of allylic oxidation sites excluding steroid dienone is 2. The zero-order chi connectivity index (χ0) is 23.0. The van der Waals surface area contributed by atoms with Crippen LogP contribution in [-0.2, 0) is 6.61 Å². The van der Waals surface area contributed by atoms with Gasteiger partial charge in [-0.05, 0) is 36.3 Å². The molecule has 0 fully saturated rings. The number of carbonyl (C=O) groups excluding carboxylic acids is 1. The Kier molecular flexibility index (Phi) is 7.28. The fraction of sp³-hybridized carbons (Fsp3) is 0.107. The summed E-state index contributed by atoms with van der Waals surface area (Å²) in [7, 11) is 0. The Bertz CT molecular complexity index is 1260. The number of nitrogens with zero attached hydrogens (tertiary/aromatic N) is 2. The smallest absolute Gasteiger partial charge is 0.185 e. The van der Waals surface area contributed by atoms with Crippen LogP contribution < -0.4 is 4.74 Å². The maximum absolute atomic E-state index is 12.9. The minimum atomic E-state index is -0.348. The Balaban J connectivity index is 1.68. The maximum atomic E-state index is 12.9. The highest BCUT2D eigenvalue weighted by Crippen LogP contribution is 2.35. The van der Waals surface area contributed by atoms with Crippen LogP contribution in [0.3, 0.4) is 0 Å². The molecule has 0 amide bonds. The van der Waals surface area contributed by atoms with Gasteiger partial charge in [-0.15, -0.1) is 0 Å². The lowest BCUT2D eigenvalue weighted by Crippen LogP contribution is -2.09. The van der Waals surface area contributed by atoms with Gasteiger partial charge in [0.05, 0.1) is 11.6 Å². The van der Waals surface area contributed by atoms with Crippen molar-refractivity contribution in [2.24, 2.45) is 0 Å². The predicted octanol–water partition coefficient (Wildman–Crippen LogP) is 6.67. The highest BCUT2D eigenvalue weighted by molar-refractivity contribution is 6.30. The molecule has 0 spiro atoms. The van der Waals surface area contributed by atoms with Crippen LogP contribution in [0.25, 0.3) is 0 Å². The minimum Gasteiger partial charge on any atom is -0.489 e. The van der Waals surface area contributed by atoms with E-state index in [1.807, 2.05) is 79.7 Å². The van der Waals surface area contributed by atoms with E-state index in [0.29, 0.717) is 23.0 Å². The van der Waals surface area contributed by atoms with E-state index in [4.69, 9.17) is 16.3 Å². The fourth-order valence-corrected chi connectivity index (χ4v) is 3.88. The van der Waals surface area contributed by atoms with E-state index < -0.39 is 0 Å². The standard InChI is InChI=1S/C28H23ClN2O2/c1-20(17-25(32)22-11-6-3-7-12-22)26(27-28(29)31-16-15-30-27)23-13-8-14-24(18-23)33-19-21-9-4-2-5-10-21/h2-18,26H,19H2,1H3/b20-17-. The molecule has 0 saturated carbocycles. The van der Waals surface area contributed by atoms with Crippen molar-refractivity contribution in [2.45, 2.75) is 19.4 Å². The molecule has 1 aromatic heterocycles. The highest BCUT2D eigenvalue weighted by atomic mass is 35.5. The summed E-state index contributed by atoms with van der Waals surface area (Å²) in [6.07, 6.45) is 4.80. The second-order valence-corrected chi connectivity index (χ2v) is 7.99. The monoisotopic (exact) mass is 454 g/mol.